The molecule has 0 saturated heterocycles. The van der Waals surface area contributed by atoms with Gasteiger partial charge in [0.2, 0.25) is 0 Å². The number of rotatable bonds is 8. The fourth-order valence-corrected chi connectivity index (χ4v) is 3.62. The van der Waals surface area contributed by atoms with Gasteiger partial charge in [0.05, 0.1) is 11.2 Å². The number of anilines is 1. The molecule has 0 spiro atoms. The number of ether oxygens (including phenoxy) is 1. The van der Waals surface area contributed by atoms with Gasteiger partial charge in [-0.2, -0.15) is 18.3 Å². The molecule has 0 bridgehead atoms. The first-order chi connectivity index (χ1) is 14.1. The Morgan fingerprint density at radius 2 is 2.03 bits per heavy atom. The second kappa shape index (κ2) is 7.48. The highest BCUT2D eigenvalue weighted by atomic mass is 19.4. The number of carbonyl (C=O) groups is 1. The predicted octanol–water partition coefficient (Wildman–Crippen LogP) is 3.65. The van der Waals surface area contributed by atoms with Gasteiger partial charge < -0.3 is 15.8 Å². The van der Waals surface area contributed by atoms with Crippen LogP contribution in [0.3, 0.4) is 0 Å². The minimum Gasteiger partial charge on any atom is -0.484 e. The van der Waals surface area contributed by atoms with E-state index >= 15 is 0 Å². The van der Waals surface area contributed by atoms with Crippen LogP contribution in [0.5, 0.6) is 5.75 Å². The van der Waals surface area contributed by atoms with E-state index in [-0.39, 0.29) is 17.4 Å². The zero-order valence-electron chi connectivity index (χ0n) is 16.6. The standard InChI is InChI=1S/C20H24F3N5O2/c1-19(8-11-2-3-11,16-7-17(24)28-27-16)26-18(29)14-6-15(30-10-20(21,22)23)13(9-25-14)12-4-5-12/h6-7,9,11-12H,2-5,8,10H2,1H3,(H,26,29)(H3,24,27,28). The van der Waals surface area contributed by atoms with Crippen LogP contribution in [0.2, 0.25) is 0 Å². The third-order valence-corrected chi connectivity index (χ3v) is 5.51. The van der Waals surface area contributed by atoms with Crippen LogP contribution < -0.4 is 15.8 Å². The molecule has 162 valence electrons. The van der Waals surface area contributed by atoms with Crippen LogP contribution >= 0.6 is 0 Å². The SMILES string of the molecule is CC(CC1CC1)(NC(=O)c1cc(OCC(F)(F)F)c(C2CC2)cn1)c1cc(N)n[nH]1. The molecule has 4 rings (SSSR count). The molecule has 0 aromatic carbocycles. The molecule has 2 aromatic rings. The fraction of sp³-hybridized carbons (Fsp3) is 0.550. The Hall–Kier alpha value is -2.78. The summed E-state index contributed by atoms with van der Waals surface area (Å²) in [6, 6.07) is 2.97. The van der Waals surface area contributed by atoms with Crippen LogP contribution in [0, 0.1) is 5.92 Å². The lowest BCUT2D eigenvalue weighted by molar-refractivity contribution is -0.153. The fourth-order valence-electron chi connectivity index (χ4n) is 3.62. The summed E-state index contributed by atoms with van der Waals surface area (Å²) in [5, 5.41) is 9.77. The molecule has 1 unspecified atom stereocenters. The summed E-state index contributed by atoms with van der Waals surface area (Å²) in [4.78, 5) is 17.2. The van der Waals surface area contributed by atoms with E-state index in [1.54, 1.807) is 6.07 Å². The molecule has 2 aliphatic carbocycles. The Labute approximate surface area is 171 Å². The third-order valence-electron chi connectivity index (χ3n) is 5.51. The molecule has 10 heteroatoms. The van der Waals surface area contributed by atoms with E-state index in [2.05, 4.69) is 20.5 Å². The Balaban J connectivity index is 1.56. The average Bonchev–Trinajstić information content (AvgIpc) is 3.59. The van der Waals surface area contributed by atoms with Crippen molar-refractivity contribution < 1.29 is 22.7 Å². The Bertz CT molecular complexity index is 937. The zero-order valence-corrected chi connectivity index (χ0v) is 16.6. The quantitative estimate of drug-likeness (QED) is 0.601. The van der Waals surface area contributed by atoms with E-state index in [1.165, 1.54) is 12.3 Å². The lowest BCUT2D eigenvalue weighted by Crippen LogP contribution is -2.44. The number of aromatic nitrogens is 3. The summed E-state index contributed by atoms with van der Waals surface area (Å²) < 4.78 is 43.0. The first kappa shape index (κ1) is 20.5. The van der Waals surface area contributed by atoms with E-state index < -0.39 is 24.2 Å². The van der Waals surface area contributed by atoms with Crippen molar-refractivity contribution in [3.05, 3.63) is 35.3 Å². The van der Waals surface area contributed by atoms with Gasteiger partial charge in [0.15, 0.2) is 6.61 Å². The molecule has 0 radical (unpaired) electrons. The number of hydrogen-bond donors (Lipinski definition) is 3. The van der Waals surface area contributed by atoms with Crippen LogP contribution in [0.4, 0.5) is 19.0 Å². The summed E-state index contributed by atoms with van der Waals surface area (Å²) in [7, 11) is 0. The number of aromatic amines is 1. The van der Waals surface area contributed by atoms with Crippen LogP contribution in [-0.4, -0.2) is 33.9 Å². The number of nitrogens with two attached hydrogens (primary N) is 1. The lowest BCUT2D eigenvalue weighted by Gasteiger charge is -2.30. The average molecular weight is 423 g/mol. The van der Waals surface area contributed by atoms with E-state index in [0.717, 1.165) is 25.7 Å². The molecule has 2 heterocycles. The molecule has 2 fully saturated rings. The van der Waals surface area contributed by atoms with Gasteiger partial charge >= 0.3 is 6.18 Å². The first-order valence-corrected chi connectivity index (χ1v) is 9.96. The van der Waals surface area contributed by atoms with Gasteiger partial charge in [-0.1, -0.05) is 12.8 Å². The van der Waals surface area contributed by atoms with E-state index in [0.29, 0.717) is 29.4 Å². The van der Waals surface area contributed by atoms with Crippen molar-refractivity contribution in [2.45, 2.75) is 56.7 Å². The molecule has 7 nitrogen and oxygen atoms in total. The summed E-state index contributed by atoms with van der Waals surface area (Å²) >= 11 is 0. The molecule has 2 aromatic heterocycles. The van der Waals surface area contributed by atoms with Crippen molar-refractivity contribution in [3.63, 3.8) is 0 Å². The molecule has 2 aliphatic rings. The van der Waals surface area contributed by atoms with Gasteiger partial charge in [-0.25, -0.2) is 0 Å². The second-order valence-electron chi connectivity index (χ2n) is 8.43. The van der Waals surface area contributed by atoms with E-state index in [4.69, 9.17) is 10.5 Å². The van der Waals surface area contributed by atoms with Gasteiger partial charge in [-0.05, 0) is 38.0 Å². The molecular weight excluding hydrogens is 399 g/mol. The molecule has 1 amide bonds. The third kappa shape index (κ3) is 4.85. The molecule has 2 saturated carbocycles. The molecule has 4 N–H and O–H groups in total. The summed E-state index contributed by atoms with van der Waals surface area (Å²) in [6.07, 6.45) is 1.59. The number of amides is 1. The smallest absolute Gasteiger partial charge is 0.422 e. The Kier molecular flexibility index (Phi) is 5.11. The number of H-pyrrole nitrogens is 1. The molecule has 30 heavy (non-hydrogen) atoms. The van der Waals surface area contributed by atoms with Crippen molar-refractivity contribution in [3.8, 4) is 5.75 Å². The van der Waals surface area contributed by atoms with Crippen molar-refractivity contribution in [1.29, 1.82) is 0 Å². The van der Waals surface area contributed by atoms with Gasteiger partial charge in [0.25, 0.3) is 5.91 Å². The highest BCUT2D eigenvalue weighted by molar-refractivity contribution is 5.93. The van der Waals surface area contributed by atoms with Crippen molar-refractivity contribution in [2.24, 2.45) is 5.92 Å². The van der Waals surface area contributed by atoms with Gasteiger partial charge in [0, 0.05) is 23.9 Å². The lowest BCUT2D eigenvalue weighted by atomic mass is 9.90. The number of halogens is 3. The van der Waals surface area contributed by atoms with Crippen molar-refractivity contribution in [1.82, 2.24) is 20.5 Å². The molecular formula is C20H24F3N5O2. The summed E-state index contributed by atoms with van der Waals surface area (Å²) in [6.45, 7) is 0.459. The van der Waals surface area contributed by atoms with Gasteiger partial charge in [-0.15, -0.1) is 0 Å². The largest absolute Gasteiger partial charge is 0.484 e. The second-order valence-corrected chi connectivity index (χ2v) is 8.43. The summed E-state index contributed by atoms with van der Waals surface area (Å²) in [5.41, 5.74) is 6.25. The highest BCUT2D eigenvalue weighted by Gasteiger charge is 2.38. The minimum atomic E-state index is -4.46. The maximum absolute atomic E-state index is 13.0. The van der Waals surface area contributed by atoms with Gasteiger partial charge in [0.1, 0.15) is 17.3 Å². The number of pyridine rings is 1. The first-order valence-electron chi connectivity index (χ1n) is 9.96. The molecule has 0 aliphatic heterocycles. The van der Waals surface area contributed by atoms with Crippen LogP contribution in [0.25, 0.3) is 0 Å². The monoisotopic (exact) mass is 423 g/mol. The highest BCUT2D eigenvalue weighted by Crippen LogP contribution is 2.44. The van der Waals surface area contributed by atoms with E-state index in [9.17, 15) is 18.0 Å². The Morgan fingerprint density at radius 1 is 1.30 bits per heavy atom. The molecule has 1 atom stereocenters. The number of nitrogen functional groups attached to an aromatic ring is 1. The van der Waals surface area contributed by atoms with Gasteiger partial charge in [-0.3, -0.25) is 14.9 Å². The van der Waals surface area contributed by atoms with Crippen LogP contribution in [0.15, 0.2) is 18.3 Å². The minimum absolute atomic E-state index is 0.00563. The van der Waals surface area contributed by atoms with Crippen LogP contribution in [0.1, 0.15) is 66.7 Å². The zero-order chi connectivity index (χ0) is 21.5. The Morgan fingerprint density at radius 3 is 2.60 bits per heavy atom. The van der Waals surface area contributed by atoms with Crippen LogP contribution in [-0.2, 0) is 5.54 Å². The number of nitrogens with one attached hydrogen (secondary N) is 2. The van der Waals surface area contributed by atoms with Crippen molar-refractivity contribution in [2.75, 3.05) is 12.3 Å². The number of nitrogens with zero attached hydrogens (tertiary/aromatic N) is 2. The number of carbonyl (C=O) groups excluding carboxylic acids is 1. The van der Waals surface area contributed by atoms with E-state index in [1.807, 2.05) is 6.92 Å². The summed E-state index contributed by atoms with van der Waals surface area (Å²) in [5.74, 6) is 0.493. The maximum Gasteiger partial charge on any atom is 0.422 e. The normalized spacial score (nSPS) is 18.7. The predicted molar refractivity (Wildman–Crippen MR) is 103 cm³/mol. The number of alkyl halides is 3. The topological polar surface area (TPSA) is 106 Å². The number of hydrogen-bond acceptors (Lipinski definition) is 5. The van der Waals surface area contributed by atoms with Crippen molar-refractivity contribution >= 4 is 11.7 Å². The maximum atomic E-state index is 13.0.